The first kappa shape index (κ1) is 19.5. The van der Waals surface area contributed by atoms with Crippen LogP contribution in [-0.2, 0) is 20.4 Å². The molecule has 7 heteroatoms. The van der Waals surface area contributed by atoms with Crippen LogP contribution in [0.2, 0.25) is 0 Å². The van der Waals surface area contributed by atoms with Crippen molar-refractivity contribution >= 4 is 53.2 Å². The molecule has 0 aliphatic rings. The van der Waals surface area contributed by atoms with Gasteiger partial charge in [-0.3, -0.25) is 4.79 Å². The van der Waals surface area contributed by atoms with E-state index in [0.717, 1.165) is 26.6 Å². The third-order valence-corrected chi connectivity index (χ3v) is 7.32. The number of hydrogen-bond donors (Lipinski definition) is 1. The lowest BCUT2D eigenvalue weighted by atomic mass is 10.1. The van der Waals surface area contributed by atoms with E-state index in [1.165, 1.54) is 11.3 Å². The maximum Gasteiger partial charge on any atom is 0.226 e. The van der Waals surface area contributed by atoms with Crippen molar-refractivity contribution in [1.82, 2.24) is 4.98 Å². The highest BCUT2D eigenvalue weighted by atomic mass is 32.2. The second-order valence-corrected chi connectivity index (χ2v) is 10.1. The van der Waals surface area contributed by atoms with Crippen LogP contribution in [0.5, 0.6) is 0 Å². The molecule has 1 N–H and O–H groups in total. The first-order valence-corrected chi connectivity index (χ1v) is 12.0. The molecule has 1 amide bonds. The van der Waals surface area contributed by atoms with Crippen LogP contribution in [0.4, 0.5) is 5.13 Å². The van der Waals surface area contributed by atoms with Crippen LogP contribution >= 0.6 is 11.3 Å². The lowest BCUT2D eigenvalue weighted by Crippen LogP contribution is -2.15. The van der Waals surface area contributed by atoms with Gasteiger partial charge in [-0.05, 0) is 23.4 Å². The number of anilines is 1. The summed E-state index contributed by atoms with van der Waals surface area (Å²) in [6, 6.07) is 21.1. The molecule has 0 aliphatic carbocycles. The lowest BCUT2D eigenvalue weighted by Gasteiger charge is -2.05. The first-order chi connectivity index (χ1) is 14.0. The van der Waals surface area contributed by atoms with Gasteiger partial charge in [-0.25, -0.2) is 13.4 Å². The maximum atomic E-state index is 12.3. The van der Waals surface area contributed by atoms with Crippen LogP contribution in [0, 0.1) is 0 Å². The Morgan fingerprint density at radius 2 is 1.72 bits per heavy atom. The average Bonchev–Trinajstić information content (AvgIpc) is 3.11. The van der Waals surface area contributed by atoms with Gasteiger partial charge in [0, 0.05) is 11.8 Å². The zero-order valence-corrected chi connectivity index (χ0v) is 17.3. The molecule has 0 atom stereocenters. The standard InChI is InChI=1S/C22H20N2O3S2/c25-20(11-6-14-29(26,27)15-16-7-2-1-3-8-16)24-22-23-19-13-12-17-9-4-5-10-18(17)21(19)28-22/h1-5,7-10,12-13H,6,11,14-15H2,(H,23,24,25). The molecule has 4 aromatic rings. The van der Waals surface area contributed by atoms with Crippen molar-refractivity contribution in [3.63, 3.8) is 0 Å². The largest absolute Gasteiger partial charge is 0.302 e. The minimum Gasteiger partial charge on any atom is -0.302 e. The molecule has 148 valence electrons. The molecule has 4 rings (SSSR count). The third-order valence-electron chi connectivity index (χ3n) is 4.61. The first-order valence-electron chi connectivity index (χ1n) is 9.33. The number of hydrogen-bond acceptors (Lipinski definition) is 5. The van der Waals surface area contributed by atoms with Crippen molar-refractivity contribution < 1.29 is 13.2 Å². The molecule has 0 fully saturated rings. The molecule has 1 heterocycles. The van der Waals surface area contributed by atoms with E-state index in [4.69, 9.17) is 0 Å². The quantitative estimate of drug-likeness (QED) is 0.463. The number of sulfone groups is 1. The Kier molecular flexibility index (Phi) is 5.60. The van der Waals surface area contributed by atoms with Gasteiger partial charge in [0.1, 0.15) is 0 Å². The van der Waals surface area contributed by atoms with Crippen molar-refractivity contribution in [2.75, 3.05) is 11.1 Å². The van der Waals surface area contributed by atoms with E-state index in [-0.39, 0.29) is 30.3 Å². The predicted molar refractivity (Wildman–Crippen MR) is 119 cm³/mol. The Labute approximate surface area is 173 Å². The monoisotopic (exact) mass is 424 g/mol. The summed E-state index contributed by atoms with van der Waals surface area (Å²) in [5, 5.41) is 5.58. The number of thiazole rings is 1. The molecule has 0 saturated heterocycles. The van der Waals surface area contributed by atoms with Crippen molar-refractivity contribution in [3.05, 3.63) is 72.3 Å². The van der Waals surface area contributed by atoms with Crippen LogP contribution in [0.1, 0.15) is 18.4 Å². The number of amides is 1. The molecule has 3 aromatic carbocycles. The fourth-order valence-corrected chi connectivity index (χ4v) is 5.69. The Morgan fingerprint density at radius 3 is 2.55 bits per heavy atom. The van der Waals surface area contributed by atoms with Gasteiger partial charge in [0.25, 0.3) is 0 Å². The van der Waals surface area contributed by atoms with E-state index >= 15 is 0 Å². The summed E-state index contributed by atoms with van der Waals surface area (Å²) in [6.07, 6.45) is 0.430. The number of benzene rings is 3. The normalized spacial score (nSPS) is 11.7. The fourth-order valence-electron chi connectivity index (χ4n) is 3.24. The molecule has 0 radical (unpaired) electrons. The molecule has 1 aromatic heterocycles. The second-order valence-electron chi connectivity index (χ2n) is 6.88. The maximum absolute atomic E-state index is 12.3. The van der Waals surface area contributed by atoms with Gasteiger partial charge in [0.05, 0.1) is 21.7 Å². The Hall–Kier alpha value is -2.77. The number of nitrogens with zero attached hydrogens (tertiary/aromatic N) is 1. The van der Waals surface area contributed by atoms with Crippen LogP contribution in [0.25, 0.3) is 21.0 Å². The van der Waals surface area contributed by atoms with Crippen LogP contribution in [0.3, 0.4) is 0 Å². The Bertz CT molecular complexity index is 1270. The summed E-state index contributed by atoms with van der Waals surface area (Å²) < 4.78 is 25.5. The van der Waals surface area contributed by atoms with Crippen molar-refractivity contribution in [2.24, 2.45) is 0 Å². The van der Waals surface area contributed by atoms with Gasteiger partial charge in [-0.2, -0.15) is 0 Å². The predicted octanol–water partition coefficient (Wildman–Crippen LogP) is 4.78. The summed E-state index contributed by atoms with van der Waals surface area (Å²) >= 11 is 1.43. The molecule has 0 spiro atoms. The molecular formula is C22H20N2O3S2. The number of aromatic nitrogens is 1. The summed E-state index contributed by atoms with van der Waals surface area (Å²) in [7, 11) is -3.24. The van der Waals surface area contributed by atoms with E-state index in [0.29, 0.717) is 5.13 Å². The van der Waals surface area contributed by atoms with Gasteiger partial charge in [0.2, 0.25) is 5.91 Å². The van der Waals surface area contributed by atoms with Gasteiger partial charge >= 0.3 is 0 Å². The van der Waals surface area contributed by atoms with E-state index in [2.05, 4.69) is 10.3 Å². The number of carbonyl (C=O) groups excluding carboxylic acids is 1. The fraction of sp³-hybridized carbons (Fsp3) is 0.182. The van der Waals surface area contributed by atoms with Crippen LogP contribution < -0.4 is 5.32 Å². The topological polar surface area (TPSA) is 76.1 Å². The van der Waals surface area contributed by atoms with Crippen molar-refractivity contribution in [2.45, 2.75) is 18.6 Å². The van der Waals surface area contributed by atoms with E-state index in [1.807, 2.05) is 54.6 Å². The summed E-state index contributed by atoms with van der Waals surface area (Å²) in [4.78, 5) is 16.7. The van der Waals surface area contributed by atoms with E-state index in [1.54, 1.807) is 12.1 Å². The lowest BCUT2D eigenvalue weighted by molar-refractivity contribution is -0.116. The Morgan fingerprint density at radius 1 is 0.966 bits per heavy atom. The van der Waals surface area contributed by atoms with Gasteiger partial charge in [-0.15, -0.1) is 0 Å². The highest BCUT2D eigenvalue weighted by Gasteiger charge is 2.14. The third kappa shape index (κ3) is 4.81. The van der Waals surface area contributed by atoms with Gasteiger partial charge < -0.3 is 5.32 Å². The zero-order valence-electron chi connectivity index (χ0n) is 15.7. The summed E-state index contributed by atoms with van der Waals surface area (Å²) in [5.41, 5.74) is 1.60. The highest BCUT2D eigenvalue weighted by Crippen LogP contribution is 2.32. The summed E-state index contributed by atoms with van der Waals surface area (Å²) in [5.74, 6) is -0.233. The molecule has 0 bridgehead atoms. The Balaban J connectivity index is 1.35. The number of nitrogens with one attached hydrogen (secondary N) is 1. The summed E-state index contributed by atoms with van der Waals surface area (Å²) in [6.45, 7) is 0. The number of carbonyl (C=O) groups is 1. The molecule has 0 unspecified atom stereocenters. The zero-order chi connectivity index (χ0) is 20.3. The smallest absolute Gasteiger partial charge is 0.226 e. The molecule has 0 aliphatic heterocycles. The number of rotatable bonds is 7. The molecular weight excluding hydrogens is 404 g/mol. The average molecular weight is 425 g/mol. The highest BCUT2D eigenvalue weighted by molar-refractivity contribution is 7.90. The minimum atomic E-state index is -3.24. The van der Waals surface area contributed by atoms with E-state index < -0.39 is 9.84 Å². The van der Waals surface area contributed by atoms with Crippen molar-refractivity contribution in [1.29, 1.82) is 0 Å². The van der Waals surface area contributed by atoms with Crippen molar-refractivity contribution in [3.8, 4) is 0 Å². The van der Waals surface area contributed by atoms with Crippen LogP contribution in [-0.4, -0.2) is 25.1 Å². The van der Waals surface area contributed by atoms with E-state index in [9.17, 15) is 13.2 Å². The van der Waals surface area contributed by atoms with Gasteiger partial charge in [-0.1, -0.05) is 72.0 Å². The second kappa shape index (κ2) is 8.31. The SMILES string of the molecule is O=C(CCCS(=O)(=O)Cc1ccccc1)Nc1nc2ccc3ccccc3c2s1. The molecule has 29 heavy (non-hydrogen) atoms. The van der Waals surface area contributed by atoms with Crippen LogP contribution in [0.15, 0.2) is 66.7 Å². The molecule has 0 saturated carbocycles. The number of fused-ring (bicyclic) bond motifs is 3. The minimum absolute atomic E-state index is 0.000400. The van der Waals surface area contributed by atoms with Gasteiger partial charge in [0.15, 0.2) is 15.0 Å². The molecule has 5 nitrogen and oxygen atoms in total.